The SMILES string of the molecule is COc1ccc(C)cc1Nc1ccc2c(c1)CN(C)C2=O. The van der Waals surface area contributed by atoms with Crippen LogP contribution in [0.4, 0.5) is 11.4 Å². The number of benzene rings is 2. The average Bonchev–Trinajstić information content (AvgIpc) is 2.74. The summed E-state index contributed by atoms with van der Waals surface area (Å²) < 4.78 is 5.37. The van der Waals surface area contributed by atoms with Gasteiger partial charge in [-0.3, -0.25) is 4.79 Å². The van der Waals surface area contributed by atoms with E-state index in [-0.39, 0.29) is 5.91 Å². The highest BCUT2D eigenvalue weighted by molar-refractivity contribution is 5.98. The molecule has 1 N–H and O–H groups in total. The second-order valence-corrected chi connectivity index (χ2v) is 5.36. The van der Waals surface area contributed by atoms with E-state index in [1.807, 2.05) is 50.4 Å². The third kappa shape index (κ3) is 2.44. The van der Waals surface area contributed by atoms with Crippen LogP contribution in [0.1, 0.15) is 21.5 Å². The monoisotopic (exact) mass is 282 g/mol. The largest absolute Gasteiger partial charge is 0.495 e. The fourth-order valence-corrected chi connectivity index (χ4v) is 2.62. The number of fused-ring (bicyclic) bond motifs is 1. The fourth-order valence-electron chi connectivity index (χ4n) is 2.62. The Bertz CT molecular complexity index is 710. The smallest absolute Gasteiger partial charge is 0.254 e. The van der Waals surface area contributed by atoms with E-state index in [1.54, 1.807) is 12.0 Å². The molecular formula is C17H18N2O2. The van der Waals surface area contributed by atoms with Gasteiger partial charge in [0.25, 0.3) is 5.91 Å². The molecule has 0 aliphatic carbocycles. The van der Waals surface area contributed by atoms with Crippen LogP contribution in [0.15, 0.2) is 36.4 Å². The van der Waals surface area contributed by atoms with Crippen molar-refractivity contribution < 1.29 is 9.53 Å². The van der Waals surface area contributed by atoms with Crippen LogP contribution < -0.4 is 10.1 Å². The molecule has 0 fully saturated rings. The molecule has 1 aliphatic rings. The maximum atomic E-state index is 11.9. The molecule has 1 amide bonds. The molecule has 1 aliphatic heterocycles. The number of carbonyl (C=O) groups is 1. The summed E-state index contributed by atoms with van der Waals surface area (Å²) in [7, 11) is 3.48. The zero-order valence-electron chi connectivity index (χ0n) is 12.4. The van der Waals surface area contributed by atoms with Gasteiger partial charge >= 0.3 is 0 Å². The number of rotatable bonds is 3. The Morgan fingerprint density at radius 3 is 2.76 bits per heavy atom. The van der Waals surface area contributed by atoms with Crippen molar-refractivity contribution in [2.75, 3.05) is 19.5 Å². The maximum absolute atomic E-state index is 11.9. The highest BCUT2D eigenvalue weighted by atomic mass is 16.5. The number of methoxy groups -OCH3 is 1. The van der Waals surface area contributed by atoms with Crippen molar-refractivity contribution >= 4 is 17.3 Å². The maximum Gasteiger partial charge on any atom is 0.254 e. The van der Waals surface area contributed by atoms with Gasteiger partial charge in [-0.2, -0.15) is 0 Å². The fraction of sp³-hybridized carbons (Fsp3) is 0.235. The first-order valence-corrected chi connectivity index (χ1v) is 6.88. The summed E-state index contributed by atoms with van der Waals surface area (Å²) in [6.45, 7) is 2.70. The number of carbonyl (C=O) groups excluding carboxylic acids is 1. The Labute approximate surface area is 124 Å². The van der Waals surface area contributed by atoms with Gasteiger partial charge in [-0.1, -0.05) is 6.07 Å². The van der Waals surface area contributed by atoms with Gasteiger partial charge in [-0.05, 0) is 48.4 Å². The molecule has 4 heteroatoms. The Kier molecular flexibility index (Phi) is 3.29. The zero-order valence-corrected chi connectivity index (χ0v) is 12.4. The number of aryl methyl sites for hydroxylation is 1. The zero-order chi connectivity index (χ0) is 15.0. The number of nitrogens with one attached hydrogen (secondary N) is 1. The van der Waals surface area contributed by atoms with Crippen molar-refractivity contribution in [3.8, 4) is 5.75 Å². The molecular weight excluding hydrogens is 264 g/mol. The molecule has 0 aromatic heterocycles. The molecule has 0 bridgehead atoms. The number of nitrogens with zero attached hydrogens (tertiary/aromatic N) is 1. The van der Waals surface area contributed by atoms with Crippen molar-refractivity contribution in [3.63, 3.8) is 0 Å². The predicted octanol–water partition coefficient (Wildman–Crippen LogP) is 3.33. The van der Waals surface area contributed by atoms with Gasteiger partial charge in [0.15, 0.2) is 0 Å². The van der Waals surface area contributed by atoms with Crippen molar-refractivity contribution in [2.24, 2.45) is 0 Å². The summed E-state index contributed by atoms with van der Waals surface area (Å²) in [4.78, 5) is 13.6. The summed E-state index contributed by atoms with van der Waals surface area (Å²) in [5, 5.41) is 3.37. The number of hydrogen-bond acceptors (Lipinski definition) is 3. The van der Waals surface area contributed by atoms with E-state index in [4.69, 9.17) is 4.74 Å². The van der Waals surface area contributed by atoms with Crippen LogP contribution in [0.3, 0.4) is 0 Å². The summed E-state index contributed by atoms with van der Waals surface area (Å²) in [6, 6.07) is 11.8. The van der Waals surface area contributed by atoms with E-state index >= 15 is 0 Å². The number of amides is 1. The van der Waals surface area contributed by atoms with Crippen molar-refractivity contribution in [3.05, 3.63) is 53.1 Å². The first-order chi connectivity index (χ1) is 10.1. The third-order valence-corrected chi connectivity index (χ3v) is 3.72. The highest BCUT2D eigenvalue weighted by Crippen LogP contribution is 2.31. The molecule has 0 unspecified atom stereocenters. The van der Waals surface area contributed by atoms with Crippen LogP contribution in [0.25, 0.3) is 0 Å². The molecule has 0 radical (unpaired) electrons. The second kappa shape index (κ2) is 5.13. The van der Waals surface area contributed by atoms with Crippen LogP contribution in [0, 0.1) is 6.92 Å². The van der Waals surface area contributed by atoms with Crippen molar-refractivity contribution in [2.45, 2.75) is 13.5 Å². The third-order valence-electron chi connectivity index (χ3n) is 3.72. The molecule has 0 saturated heterocycles. The lowest BCUT2D eigenvalue weighted by atomic mass is 10.1. The van der Waals surface area contributed by atoms with E-state index in [2.05, 4.69) is 5.32 Å². The molecule has 0 saturated carbocycles. The highest BCUT2D eigenvalue weighted by Gasteiger charge is 2.24. The summed E-state index contributed by atoms with van der Waals surface area (Å²) >= 11 is 0. The van der Waals surface area contributed by atoms with Gasteiger partial charge in [0.2, 0.25) is 0 Å². The molecule has 4 nitrogen and oxygen atoms in total. The normalized spacial score (nSPS) is 13.3. The summed E-state index contributed by atoms with van der Waals surface area (Å²) in [5.74, 6) is 0.888. The van der Waals surface area contributed by atoms with E-state index in [0.717, 1.165) is 33.8 Å². The van der Waals surface area contributed by atoms with E-state index in [1.165, 1.54) is 0 Å². The van der Waals surface area contributed by atoms with Gasteiger partial charge in [0.05, 0.1) is 12.8 Å². The minimum Gasteiger partial charge on any atom is -0.495 e. The van der Waals surface area contributed by atoms with Crippen molar-refractivity contribution in [1.29, 1.82) is 0 Å². The topological polar surface area (TPSA) is 41.6 Å². The number of ether oxygens (including phenoxy) is 1. The molecule has 21 heavy (non-hydrogen) atoms. The van der Waals surface area contributed by atoms with Crippen LogP contribution in [0.2, 0.25) is 0 Å². The average molecular weight is 282 g/mol. The van der Waals surface area contributed by atoms with Gasteiger partial charge in [-0.15, -0.1) is 0 Å². The van der Waals surface area contributed by atoms with Crippen LogP contribution in [-0.4, -0.2) is 25.0 Å². The summed E-state index contributed by atoms with van der Waals surface area (Å²) in [6.07, 6.45) is 0. The van der Waals surface area contributed by atoms with Crippen LogP contribution in [0.5, 0.6) is 5.75 Å². The lowest BCUT2D eigenvalue weighted by Gasteiger charge is -2.12. The van der Waals surface area contributed by atoms with E-state index < -0.39 is 0 Å². The molecule has 0 atom stereocenters. The molecule has 2 aromatic carbocycles. The van der Waals surface area contributed by atoms with Gasteiger partial charge in [0.1, 0.15) is 5.75 Å². The second-order valence-electron chi connectivity index (χ2n) is 5.36. The lowest BCUT2D eigenvalue weighted by molar-refractivity contribution is 0.0816. The number of hydrogen-bond donors (Lipinski definition) is 1. The Hall–Kier alpha value is -2.49. The van der Waals surface area contributed by atoms with Crippen LogP contribution >= 0.6 is 0 Å². The Morgan fingerprint density at radius 1 is 1.19 bits per heavy atom. The Morgan fingerprint density at radius 2 is 2.00 bits per heavy atom. The van der Waals surface area contributed by atoms with Gasteiger partial charge in [0, 0.05) is 24.8 Å². The molecule has 0 spiro atoms. The van der Waals surface area contributed by atoms with Crippen LogP contribution in [-0.2, 0) is 6.54 Å². The quantitative estimate of drug-likeness (QED) is 0.938. The van der Waals surface area contributed by atoms with Crippen molar-refractivity contribution in [1.82, 2.24) is 4.90 Å². The molecule has 108 valence electrons. The van der Waals surface area contributed by atoms with E-state index in [0.29, 0.717) is 6.54 Å². The molecule has 2 aromatic rings. The lowest BCUT2D eigenvalue weighted by Crippen LogP contribution is -2.17. The van der Waals surface area contributed by atoms with E-state index in [9.17, 15) is 4.79 Å². The minimum atomic E-state index is 0.0877. The standard InChI is InChI=1S/C17H18N2O2/c1-11-4-7-16(21-3)15(8-11)18-13-5-6-14-12(9-13)10-19(2)17(14)20/h4-9,18H,10H2,1-3H3. The first-order valence-electron chi connectivity index (χ1n) is 6.88. The van der Waals surface area contributed by atoms with Gasteiger partial charge in [-0.25, -0.2) is 0 Å². The Balaban J connectivity index is 1.92. The van der Waals surface area contributed by atoms with Gasteiger partial charge < -0.3 is 15.0 Å². The number of anilines is 2. The first kappa shape index (κ1) is 13.5. The minimum absolute atomic E-state index is 0.0877. The molecule has 1 heterocycles. The molecule has 3 rings (SSSR count). The predicted molar refractivity (Wildman–Crippen MR) is 83.3 cm³/mol. The summed E-state index contributed by atoms with van der Waals surface area (Å²) in [5.41, 5.74) is 4.89.